The van der Waals surface area contributed by atoms with E-state index in [2.05, 4.69) is 15.2 Å². The number of rotatable bonds is 5. The van der Waals surface area contributed by atoms with Crippen molar-refractivity contribution in [2.24, 2.45) is 0 Å². The van der Waals surface area contributed by atoms with E-state index in [1.54, 1.807) is 24.3 Å². The van der Waals surface area contributed by atoms with Crippen molar-refractivity contribution >= 4 is 10.0 Å². The second-order valence-electron chi connectivity index (χ2n) is 5.41. The van der Waals surface area contributed by atoms with Gasteiger partial charge in [0.1, 0.15) is 17.9 Å². The van der Waals surface area contributed by atoms with Crippen molar-refractivity contribution in [3.8, 4) is 5.75 Å². The minimum absolute atomic E-state index is 0.245. The predicted octanol–water partition coefficient (Wildman–Crippen LogP) is 2.12. The Morgan fingerprint density at radius 2 is 2.26 bits per heavy atom. The van der Waals surface area contributed by atoms with Crippen molar-refractivity contribution < 1.29 is 13.2 Å². The van der Waals surface area contributed by atoms with Crippen LogP contribution in [0.1, 0.15) is 38.1 Å². The highest BCUT2D eigenvalue weighted by Crippen LogP contribution is 2.34. The second-order valence-corrected chi connectivity index (χ2v) is 7.30. The molecule has 1 saturated heterocycles. The minimum Gasteiger partial charge on any atom is -0.494 e. The van der Waals surface area contributed by atoms with E-state index < -0.39 is 10.0 Å². The van der Waals surface area contributed by atoms with Crippen molar-refractivity contribution in [3.05, 3.63) is 36.4 Å². The average Bonchev–Trinajstić information content (AvgIpc) is 3.10. The summed E-state index contributed by atoms with van der Waals surface area (Å²) in [6.07, 6.45) is 3.95. The van der Waals surface area contributed by atoms with Gasteiger partial charge in [-0.15, -0.1) is 0 Å². The molecule has 0 bridgehead atoms. The average molecular weight is 336 g/mol. The van der Waals surface area contributed by atoms with Crippen molar-refractivity contribution in [2.45, 2.75) is 37.1 Å². The van der Waals surface area contributed by atoms with Gasteiger partial charge in [0.25, 0.3) is 0 Å². The third-order valence-corrected chi connectivity index (χ3v) is 5.83. The lowest BCUT2D eigenvalue weighted by atomic mass is 10.0. The van der Waals surface area contributed by atoms with E-state index in [9.17, 15) is 8.42 Å². The fourth-order valence-corrected chi connectivity index (χ4v) is 4.56. The molecule has 8 heteroatoms. The summed E-state index contributed by atoms with van der Waals surface area (Å²) in [5.41, 5.74) is 0. The molecule has 7 nitrogen and oxygen atoms in total. The first kappa shape index (κ1) is 15.9. The number of aromatic amines is 1. The number of nitrogens with zero attached hydrogens (tertiary/aromatic N) is 3. The molecule has 1 aromatic carbocycles. The van der Waals surface area contributed by atoms with E-state index in [4.69, 9.17) is 4.74 Å². The summed E-state index contributed by atoms with van der Waals surface area (Å²) < 4.78 is 33.0. The van der Waals surface area contributed by atoms with Crippen LogP contribution < -0.4 is 4.74 Å². The fraction of sp³-hybridized carbons (Fsp3) is 0.467. The number of aromatic nitrogens is 3. The Kier molecular flexibility index (Phi) is 4.63. The molecular formula is C15H20N4O3S. The molecule has 3 rings (SSSR count). The summed E-state index contributed by atoms with van der Waals surface area (Å²) >= 11 is 0. The van der Waals surface area contributed by atoms with Crippen LogP contribution in [-0.4, -0.2) is 41.1 Å². The third kappa shape index (κ3) is 3.23. The van der Waals surface area contributed by atoms with Gasteiger partial charge in [0, 0.05) is 12.6 Å². The summed E-state index contributed by atoms with van der Waals surface area (Å²) in [4.78, 5) is 4.39. The molecule has 23 heavy (non-hydrogen) atoms. The van der Waals surface area contributed by atoms with Gasteiger partial charge in [-0.05, 0) is 31.9 Å². The van der Waals surface area contributed by atoms with Gasteiger partial charge in [0.2, 0.25) is 10.0 Å². The third-order valence-electron chi connectivity index (χ3n) is 3.93. The highest BCUT2D eigenvalue weighted by atomic mass is 32.2. The first-order chi connectivity index (χ1) is 11.1. The van der Waals surface area contributed by atoms with Gasteiger partial charge in [-0.1, -0.05) is 12.5 Å². The Morgan fingerprint density at radius 3 is 3.00 bits per heavy atom. The fourth-order valence-electron chi connectivity index (χ4n) is 2.87. The Bertz CT molecular complexity index is 746. The number of hydrogen-bond acceptors (Lipinski definition) is 5. The van der Waals surface area contributed by atoms with Crippen LogP contribution in [0, 0.1) is 0 Å². The van der Waals surface area contributed by atoms with Crippen molar-refractivity contribution in [3.63, 3.8) is 0 Å². The summed E-state index contributed by atoms with van der Waals surface area (Å²) in [6.45, 7) is 2.84. The van der Waals surface area contributed by atoms with Gasteiger partial charge in [-0.2, -0.15) is 9.40 Å². The van der Waals surface area contributed by atoms with Crippen LogP contribution in [0.3, 0.4) is 0 Å². The van der Waals surface area contributed by atoms with Gasteiger partial charge >= 0.3 is 0 Å². The Morgan fingerprint density at radius 1 is 1.39 bits per heavy atom. The van der Waals surface area contributed by atoms with Gasteiger partial charge in [0.15, 0.2) is 0 Å². The Hall–Kier alpha value is -1.93. The summed E-state index contributed by atoms with van der Waals surface area (Å²) in [6, 6.07) is 6.33. The second kappa shape index (κ2) is 6.67. The molecule has 2 heterocycles. The molecule has 124 valence electrons. The highest BCUT2D eigenvalue weighted by molar-refractivity contribution is 7.89. The van der Waals surface area contributed by atoms with Crippen LogP contribution in [0.5, 0.6) is 5.75 Å². The molecule has 0 radical (unpaired) electrons. The number of nitrogens with one attached hydrogen (secondary N) is 1. The van der Waals surface area contributed by atoms with Crippen LogP contribution in [0.2, 0.25) is 0 Å². The molecule has 1 aliphatic heterocycles. The molecule has 0 aliphatic carbocycles. The first-order valence-electron chi connectivity index (χ1n) is 7.73. The molecular weight excluding hydrogens is 316 g/mol. The van der Waals surface area contributed by atoms with E-state index >= 15 is 0 Å². The summed E-state index contributed by atoms with van der Waals surface area (Å²) in [7, 11) is -3.61. The molecule has 1 atom stereocenters. The Labute approximate surface area is 135 Å². The zero-order valence-electron chi connectivity index (χ0n) is 13.0. The smallest absolute Gasteiger partial charge is 0.243 e. The molecule has 1 aromatic heterocycles. The van der Waals surface area contributed by atoms with Gasteiger partial charge < -0.3 is 4.74 Å². The highest BCUT2D eigenvalue weighted by Gasteiger charge is 2.36. The largest absolute Gasteiger partial charge is 0.494 e. The van der Waals surface area contributed by atoms with Crippen molar-refractivity contribution in [2.75, 3.05) is 13.2 Å². The lowest BCUT2D eigenvalue weighted by Gasteiger charge is -2.33. The lowest BCUT2D eigenvalue weighted by Crippen LogP contribution is -2.39. The molecule has 1 aliphatic rings. The predicted molar refractivity (Wildman–Crippen MR) is 84.5 cm³/mol. The molecule has 1 fully saturated rings. The van der Waals surface area contributed by atoms with E-state index in [1.807, 2.05) is 6.92 Å². The number of sulfonamides is 1. The maximum Gasteiger partial charge on any atom is 0.243 e. The van der Waals surface area contributed by atoms with Crippen molar-refractivity contribution in [1.82, 2.24) is 19.5 Å². The van der Waals surface area contributed by atoms with E-state index in [1.165, 1.54) is 10.6 Å². The monoisotopic (exact) mass is 336 g/mol. The maximum absolute atomic E-state index is 13.1. The van der Waals surface area contributed by atoms with Crippen LogP contribution in [-0.2, 0) is 10.0 Å². The Balaban J connectivity index is 1.95. The summed E-state index contributed by atoms with van der Waals surface area (Å²) in [5.74, 6) is 1.15. The molecule has 0 unspecified atom stereocenters. The lowest BCUT2D eigenvalue weighted by molar-refractivity contribution is 0.247. The SMILES string of the molecule is CCOc1cccc(S(=O)(=O)N2CCCC[C@@H]2c2ncn[nH]2)c1. The van der Waals surface area contributed by atoms with E-state index in [-0.39, 0.29) is 10.9 Å². The topological polar surface area (TPSA) is 88.2 Å². The summed E-state index contributed by atoms with van der Waals surface area (Å²) in [5, 5.41) is 6.65. The van der Waals surface area contributed by atoms with Gasteiger partial charge in [-0.3, -0.25) is 5.10 Å². The zero-order chi connectivity index (χ0) is 16.3. The molecule has 0 spiro atoms. The van der Waals surface area contributed by atoms with Gasteiger partial charge in [0.05, 0.1) is 17.5 Å². The quantitative estimate of drug-likeness (QED) is 0.903. The zero-order valence-corrected chi connectivity index (χ0v) is 13.8. The number of H-pyrrole nitrogens is 1. The number of benzene rings is 1. The first-order valence-corrected chi connectivity index (χ1v) is 9.17. The van der Waals surface area contributed by atoms with Crippen molar-refractivity contribution in [1.29, 1.82) is 0 Å². The molecule has 1 N–H and O–H groups in total. The van der Waals surface area contributed by atoms with Gasteiger partial charge in [-0.25, -0.2) is 13.4 Å². The van der Waals surface area contributed by atoms with Crippen LogP contribution in [0.15, 0.2) is 35.5 Å². The molecule has 0 saturated carbocycles. The van der Waals surface area contributed by atoms with Crippen LogP contribution in [0.4, 0.5) is 0 Å². The number of ether oxygens (including phenoxy) is 1. The number of hydrogen-bond donors (Lipinski definition) is 1. The molecule has 2 aromatic rings. The van der Waals surface area contributed by atoms with Crippen LogP contribution >= 0.6 is 0 Å². The maximum atomic E-state index is 13.1. The minimum atomic E-state index is -3.61. The number of piperidine rings is 1. The normalized spacial score (nSPS) is 19.6. The van der Waals surface area contributed by atoms with E-state index in [0.717, 1.165) is 19.3 Å². The standard InChI is InChI=1S/C15H20N4O3S/c1-2-22-12-6-5-7-13(10-12)23(20,21)19-9-4-3-8-14(19)15-16-11-17-18-15/h5-7,10-11,14H,2-4,8-9H2,1H3,(H,16,17,18)/t14-/m1/s1. The van der Waals surface area contributed by atoms with Crippen LogP contribution in [0.25, 0.3) is 0 Å². The molecule has 0 amide bonds. The van der Waals surface area contributed by atoms with E-state index in [0.29, 0.717) is 24.7 Å².